The molecule has 32 heavy (non-hydrogen) atoms. The molecule has 0 aromatic heterocycles. The van der Waals surface area contributed by atoms with Crippen LogP contribution in [0.15, 0.2) is 66.7 Å². The van der Waals surface area contributed by atoms with Crippen LogP contribution in [0, 0.1) is 11.3 Å². The van der Waals surface area contributed by atoms with Gasteiger partial charge in [0.2, 0.25) is 5.91 Å². The van der Waals surface area contributed by atoms with E-state index in [2.05, 4.69) is 16.7 Å². The van der Waals surface area contributed by atoms with Crippen molar-refractivity contribution in [2.24, 2.45) is 0 Å². The molecule has 4 rings (SSSR count). The van der Waals surface area contributed by atoms with E-state index in [1.807, 2.05) is 36.4 Å². The molecule has 0 aliphatic carbocycles. The third-order valence-corrected chi connectivity index (χ3v) is 5.53. The van der Waals surface area contributed by atoms with Gasteiger partial charge in [-0.1, -0.05) is 48.0 Å². The fraction of sp³-hybridized carbons (Fsp3) is 0.160. The summed E-state index contributed by atoms with van der Waals surface area (Å²) in [6.07, 6.45) is 1.08. The molecular weight excluding hydrogens is 426 g/mol. The Kier molecular flexibility index (Phi) is 6.39. The lowest BCUT2D eigenvalue weighted by Gasteiger charge is -2.17. The number of nitriles is 1. The number of amides is 2. The largest absolute Gasteiger partial charge is 0.484 e. The second-order valence-corrected chi connectivity index (χ2v) is 7.82. The SMILES string of the molecule is N#CC(c1ccccc1)c1ccc(NC(=O)COc2ccc3c(c2)CCC(=O)N3)cc1Cl. The first-order valence-corrected chi connectivity index (χ1v) is 10.5. The van der Waals surface area contributed by atoms with E-state index in [-0.39, 0.29) is 18.4 Å². The average Bonchev–Trinajstić information content (AvgIpc) is 2.80. The highest BCUT2D eigenvalue weighted by Crippen LogP contribution is 2.32. The Morgan fingerprint density at radius 1 is 1.12 bits per heavy atom. The molecule has 0 spiro atoms. The third kappa shape index (κ3) is 4.90. The van der Waals surface area contributed by atoms with Gasteiger partial charge in [0.05, 0.1) is 12.0 Å². The first-order chi connectivity index (χ1) is 15.5. The van der Waals surface area contributed by atoms with E-state index in [1.54, 1.807) is 30.3 Å². The van der Waals surface area contributed by atoms with Crippen LogP contribution in [0.3, 0.4) is 0 Å². The van der Waals surface area contributed by atoms with Crippen LogP contribution in [0.25, 0.3) is 0 Å². The summed E-state index contributed by atoms with van der Waals surface area (Å²) in [6, 6.07) is 22.1. The quantitative estimate of drug-likeness (QED) is 0.564. The second-order valence-electron chi connectivity index (χ2n) is 7.41. The monoisotopic (exact) mass is 445 g/mol. The number of fused-ring (bicyclic) bond motifs is 1. The van der Waals surface area contributed by atoms with Gasteiger partial charge in [-0.25, -0.2) is 0 Å². The number of hydrogen-bond donors (Lipinski definition) is 2. The highest BCUT2D eigenvalue weighted by Gasteiger charge is 2.18. The van der Waals surface area contributed by atoms with Gasteiger partial charge >= 0.3 is 0 Å². The zero-order chi connectivity index (χ0) is 22.5. The summed E-state index contributed by atoms with van der Waals surface area (Å²) in [5.74, 6) is -0.270. The molecule has 0 saturated heterocycles. The van der Waals surface area contributed by atoms with E-state index >= 15 is 0 Å². The summed E-state index contributed by atoms with van der Waals surface area (Å²) in [4.78, 5) is 23.8. The van der Waals surface area contributed by atoms with Crippen LogP contribution >= 0.6 is 11.6 Å². The van der Waals surface area contributed by atoms with E-state index in [0.29, 0.717) is 34.9 Å². The molecule has 0 radical (unpaired) electrons. The van der Waals surface area contributed by atoms with Gasteiger partial charge in [0.15, 0.2) is 6.61 Å². The lowest BCUT2D eigenvalue weighted by Crippen LogP contribution is -2.21. The summed E-state index contributed by atoms with van der Waals surface area (Å²) >= 11 is 6.42. The minimum atomic E-state index is -0.495. The highest BCUT2D eigenvalue weighted by molar-refractivity contribution is 6.31. The Labute approximate surface area is 190 Å². The molecule has 2 N–H and O–H groups in total. The summed E-state index contributed by atoms with van der Waals surface area (Å²) in [6.45, 7) is -0.171. The van der Waals surface area contributed by atoms with Crippen LogP contribution in [-0.2, 0) is 16.0 Å². The van der Waals surface area contributed by atoms with E-state index in [4.69, 9.17) is 16.3 Å². The lowest BCUT2D eigenvalue weighted by atomic mass is 9.92. The smallest absolute Gasteiger partial charge is 0.262 e. The average molecular weight is 446 g/mol. The number of anilines is 2. The fourth-order valence-corrected chi connectivity index (χ4v) is 3.89. The van der Waals surface area contributed by atoms with Crippen molar-refractivity contribution in [2.75, 3.05) is 17.2 Å². The zero-order valence-electron chi connectivity index (χ0n) is 17.1. The molecule has 0 fully saturated rings. The van der Waals surface area contributed by atoms with Crippen LogP contribution in [0.5, 0.6) is 5.75 Å². The molecule has 7 heteroatoms. The molecule has 3 aromatic carbocycles. The molecule has 1 atom stereocenters. The first kappa shape index (κ1) is 21.4. The Balaban J connectivity index is 1.38. The fourth-order valence-electron chi connectivity index (χ4n) is 3.60. The molecule has 3 aromatic rings. The number of ether oxygens (including phenoxy) is 1. The van der Waals surface area contributed by atoms with Gasteiger partial charge < -0.3 is 15.4 Å². The normalized spacial score (nSPS) is 13.3. The van der Waals surface area contributed by atoms with Crippen LogP contribution in [0.1, 0.15) is 29.0 Å². The zero-order valence-corrected chi connectivity index (χ0v) is 17.9. The molecule has 1 unspecified atom stereocenters. The molecule has 0 saturated carbocycles. The van der Waals surface area contributed by atoms with Crippen molar-refractivity contribution >= 4 is 34.8 Å². The van der Waals surface area contributed by atoms with Crippen molar-refractivity contribution in [3.05, 3.63) is 88.4 Å². The Hall–Kier alpha value is -3.82. The lowest BCUT2D eigenvalue weighted by molar-refractivity contribution is -0.118. The van der Waals surface area contributed by atoms with E-state index in [1.165, 1.54) is 0 Å². The van der Waals surface area contributed by atoms with Gasteiger partial charge in [-0.15, -0.1) is 0 Å². The van der Waals surface area contributed by atoms with Gasteiger partial charge in [0.25, 0.3) is 5.91 Å². The summed E-state index contributed by atoms with van der Waals surface area (Å²) in [7, 11) is 0. The van der Waals surface area contributed by atoms with Gasteiger partial charge in [0, 0.05) is 22.8 Å². The highest BCUT2D eigenvalue weighted by atomic mass is 35.5. The topological polar surface area (TPSA) is 91.2 Å². The predicted molar refractivity (Wildman–Crippen MR) is 123 cm³/mol. The number of hydrogen-bond acceptors (Lipinski definition) is 4. The van der Waals surface area contributed by atoms with Crippen molar-refractivity contribution < 1.29 is 14.3 Å². The molecule has 1 aliphatic heterocycles. The number of nitrogens with zero attached hydrogens (tertiary/aromatic N) is 1. The minimum absolute atomic E-state index is 0.0000783. The number of nitrogens with one attached hydrogen (secondary N) is 2. The number of benzene rings is 3. The maximum absolute atomic E-state index is 12.3. The number of carbonyl (C=O) groups is 2. The second kappa shape index (κ2) is 9.54. The maximum Gasteiger partial charge on any atom is 0.262 e. The van der Waals surface area contributed by atoms with Crippen molar-refractivity contribution in [3.8, 4) is 11.8 Å². The number of halogens is 1. The van der Waals surface area contributed by atoms with Crippen LogP contribution < -0.4 is 15.4 Å². The maximum atomic E-state index is 12.3. The number of carbonyl (C=O) groups excluding carboxylic acids is 2. The Morgan fingerprint density at radius 2 is 1.94 bits per heavy atom. The van der Waals surface area contributed by atoms with Gasteiger partial charge in [-0.3, -0.25) is 9.59 Å². The van der Waals surface area contributed by atoms with E-state index in [0.717, 1.165) is 16.8 Å². The standard InChI is InChI=1S/C25H20ClN3O3/c26-22-13-18(7-9-20(22)21(14-27)16-4-2-1-3-5-16)28-25(31)15-32-19-8-10-23-17(12-19)6-11-24(30)29-23/h1-5,7-10,12-13,21H,6,11,15H2,(H,28,31)(H,29,30). The molecule has 2 amide bonds. The van der Waals surface area contributed by atoms with Crippen LogP contribution in [-0.4, -0.2) is 18.4 Å². The Bertz CT molecular complexity index is 1200. The van der Waals surface area contributed by atoms with Crippen LogP contribution in [0.2, 0.25) is 5.02 Å². The number of aryl methyl sites for hydroxylation is 1. The minimum Gasteiger partial charge on any atom is -0.484 e. The van der Waals surface area contributed by atoms with Gasteiger partial charge in [0.1, 0.15) is 5.75 Å². The first-order valence-electron chi connectivity index (χ1n) is 10.1. The van der Waals surface area contributed by atoms with E-state index < -0.39 is 5.92 Å². The molecule has 1 heterocycles. The molecule has 0 bridgehead atoms. The summed E-state index contributed by atoms with van der Waals surface area (Å²) in [5, 5.41) is 15.6. The van der Waals surface area contributed by atoms with E-state index in [9.17, 15) is 14.9 Å². The van der Waals surface area contributed by atoms with Crippen molar-refractivity contribution in [2.45, 2.75) is 18.8 Å². The summed E-state index contributed by atoms with van der Waals surface area (Å²) < 4.78 is 5.60. The van der Waals surface area contributed by atoms with Crippen molar-refractivity contribution in [1.29, 1.82) is 5.26 Å². The third-order valence-electron chi connectivity index (χ3n) is 5.20. The molecule has 6 nitrogen and oxygen atoms in total. The van der Waals surface area contributed by atoms with Crippen LogP contribution in [0.4, 0.5) is 11.4 Å². The van der Waals surface area contributed by atoms with Crippen molar-refractivity contribution in [3.63, 3.8) is 0 Å². The van der Waals surface area contributed by atoms with Crippen molar-refractivity contribution in [1.82, 2.24) is 0 Å². The van der Waals surface area contributed by atoms with Gasteiger partial charge in [-0.05, 0) is 53.4 Å². The number of rotatable bonds is 6. The molecular formula is C25H20ClN3O3. The molecule has 1 aliphatic rings. The molecule has 160 valence electrons. The predicted octanol–water partition coefficient (Wildman–Crippen LogP) is 4.90. The Morgan fingerprint density at radius 3 is 2.69 bits per heavy atom. The van der Waals surface area contributed by atoms with Gasteiger partial charge in [-0.2, -0.15) is 5.26 Å². The summed E-state index contributed by atoms with van der Waals surface area (Å²) in [5.41, 5.74) is 3.81.